The molecule has 1 fully saturated rings. The first-order valence-corrected chi connectivity index (χ1v) is 5.08. The Labute approximate surface area is 80.3 Å². The van der Waals surface area contributed by atoms with Crippen molar-refractivity contribution < 1.29 is 4.79 Å². The minimum atomic E-state index is 0.0509. The molecule has 2 unspecified atom stereocenters. The van der Waals surface area contributed by atoms with Crippen LogP contribution < -0.4 is 10.6 Å². The van der Waals surface area contributed by atoms with Crippen LogP contribution in [0.1, 0.15) is 27.2 Å². The number of carbonyl (C=O) groups is 1. The third-order valence-electron chi connectivity index (χ3n) is 2.52. The van der Waals surface area contributed by atoms with Crippen molar-refractivity contribution in [2.75, 3.05) is 13.1 Å². The number of hydrogen-bond donors (Lipinski definition) is 2. The summed E-state index contributed by atoms with van der Waals surface area (Å²) < 4.78 is 0. The van der Waals surface area contributed by atoms with Gasteiger partial charge in [-0.1, -0.05) is 13.8 Å². The Bertz CT molecular complexity index is 174. The normalized spacial score (nSPS) is 25.1. The van der Waals surface area contributed by atoms with Crippen LogP contribution in [0.5, 0.6) is 0 Å². The van der Waals surface area contributed by atoms with E-state index < -0.39 is 0 Å². The van der Waals surface area contributed by atoms with Gasteiger partial charge in [-0.05, 0) is 32.4 Å². The monoisotopic (exact) mass is 184 g/mol. The zero-order valence-corrected chi connectivity index (χ0v) is 8.76. The van der Waals surface area contributed by atoms with Crippen molar-refractivity contribution >= 4 is 5.78 Å². The Morgan fingerprint density at radius 2 is 2.23 bits per heavy atom. The lowest BCUT2D eigenvalue weighted by molar-refractivity contribution is -0.120. The van der Waals surface area contributed by atoms with Crippen LogP contribution in [-0.4, -0.2) is 31.0 Å². The van der Waals surface area contributed by atoms with Gasteiger partial charge in [0.1, 0.15) is 5.78 Å². The lowest BCUT2D eigenvalue weighted by Crippen LogP contribution is -2.45. The molecule has 0 amide bonds. The summed E-state index contributed by atoms with van der Waals surface area (Å²) in [6.45, 7) is 7.87. The lowest BCUT2D eigenvalue weighted by atomic mass is 9.95. The Kier molecular flexibility index (Phi) is 3.88. The second kappa shape index (κ2) is 4.72. The Morgan fingerprint density at radius 1 is 1.54 bits per heavy atom. The van der Waals surface area contributed by atoms with Crippen LogP contribution in [0.2, 0.25) is 0 Å². The van der Waals surface area contributed by atoms with E-state index in [0.717, 1.165) is 19.5 Å². The van der Waals surface area contributed by atoms with Gasteiger partial charge in [0, 0.05) is 6.04 Å². The van der Waals surface area contributed by atoms with Crippen LogP contribution in [0.4, 0.5) is 0 Å². The Hall–Kier alpha value is -0.410. The molecule has 0 aliphatic carbocycles. The summed E-state index contributed by atoms with van der Waals surface area (Å²) in [5, 5.41) is 6.62. The van der Waals surface area contributed by atoms with Crippen molar-refractivity contribution in [2.45, 2.75) is 39.3 Å². The maximum absolute atomic E-state index is 11.4. The van der Waals surface area contributed by atoms with E-state index in [-0.39, 0.29) is 11.8 Å². The van der Waals surface area contributed by atoms with Gasteiger partial charge in [-0.2, -0.15) is 0 Å². The summed E-state index contributed by atoms with van der Waals surface area (Å²) in [5.41, 5.74) is 0. The van der Waals surface area contributed by atoms with Crippen molar-refractivity contribution in [2.24, 2.45) is 5.92 Å². The van der Waals surface area contributed by atoms with Gasteiger partial charge in [0.15, 0.2) is 0 Å². The first-order chi connectivity index (χ1) is 6.11. The fraction of sp³-hybridized carbons (Fsp3) is 0.900. The predicted octanol–water partition coefficient (Wildman–Crippen LogP) is 0.551. The van der Waals surface area contributed by atoms with Crippen molar-refractivity contribution in [1.29, 1.82) is 0 Å². The van der Waals surface area contributed by atoms with Crippen molar-refractivity contribution in [1.82, 2.24) is 10.6 Å². The van der Waals surface area contributed by atoms with E-state index in [1.54, 1.807) is 6.92 Å². The molecule has 0 aromatic rings. The maximum atomic E-state index is 11.4. The van der Waals surface area contributed by atoms with Crippen LogP contribution in [-0.2, 0) is 4.79 Å². The second-order valence-electron chi connectivity index (χ2n) is 4.16. The average molecular weight is 184 g/mol. The lowest BCUT2D eigenvalue weighted by Gasteiger charge is -2.23. The first-order valence-electron chi connectivity index (χ1n) is 5.08. The molecule has 1 aliphatic heterocycles. The average Bonchev–Trinajstić information content (AvgIpc) is 2.50. The molecule has 0 aromatic carbocycles. The largest absolute Gasteiger partial charge is 0.316 e. The van der Waals surface area contributed by atoms with Crippen LogP contribution in [0.3, 0.4) is 0 Å². The molecular formula is C10H20N2O. The van der Waals surface area contributed by atoms with Crippen LogP contribution in [0.25, 0.3) is 0 Å². The molecule has 0 bridgehead atoms. The van der Waals surface area contributed by atoms with Gasteiger partial charge in [-0.3, -0.25) is 4.79 Å². The van der Waals surface area contributed by atoms with Crippen LogP contribution >= 0.6 is 0 Å². The highest BCUT2D eigenvalue weighted by atomic mass is 16.1. The zero-order chi connectivity index (χ0) is 9.84. The van der Waals surface area contributed by atoms with E-state index in [4.69, 9.17) is 0 Å². The highest BCUT2D eigenvalue weighted by Crippen LogP contribution is 2.14. The molecule has 0 saturated carbocycles. The minimum Gasteiger partial charge on any atom is -0.316 e. The van der Waals surface area contributed by atoms with E-state index in [0.29, 0.717) is 12.0 Å². The van der Waals surface area contributed by atoms with Gasteiger partial charge < -0.3 is 10.6 Å². The number of hydrogen-bond acceptors (Lipinski definition) is 3. The molecule has 1 saturated heterocycles. The molecule has 3 nitrogen and oxygen atoms in total. The molecule has 0 spiro atoms. The molecule has 76 valence electrons. The predicted molar refractivity (Wildman–Crippen MR) is 53.7 cm³/mol. The molecule has 1 heterocycles. The van der Waals surface area contributed by atoms with E-state index >= 15 is 0 Å². The van der Waals surface area contributed by atoms with Gasteiger partial charge in [0.25, 0.3) is 0 Å². The summed E-state index contributed by atoms with van der Waals surface area (Å²) in [5.74, 6) is 0.752. The highest BCUT2D eigenvalue weighted by Gasteiger charge is 2.28. The topological polar surface area (TPSA) is 41.1 Å². The zero-order valence-electron chi connectivity index (χ0n) is 8.76. The van der Waals surface area contributed by atoms with Crippen molar-refractivity contribution in [3.8, 4) is 0 Å². The molecule has 1 rings (SSSR count). The van der Waals surface area contributed by atoms with Gasteiger partial charge in [0.05, 0.1) is 6.04 Å². The number of ketones is 1. The maximum Gasteiger partial charge on any atom is 0.147 e. The molecule has 3 heteroatoms. The molecule has 13 heavy (non-hydrogen) atoms. The van der Waals surface area contributed by atoms with Gasteiger partial charge in [-0.15, -0.1) is 0 Å². The first kappa shape index (κ1) is 10.7. The fourth-order valence-electron chi connectivity index (χ4n) is 1.91. The van der Waals surface area contributed by atoms with Gasteiger partial charge in [0.2, 0.25) is 0 Å². The number of nitrogens with one attached hydrogen (secondary N) is 2. The molecule has 2 N–H and O–H groups in total. The number of rotatable bonds is 4. The van der Waals surface area contributed by atoms with E-state index in [1.165, 1.54) is 0 Å². The summed E-state index contributed by atoms with van der Waals surface area (Å²) >= 11 is 0. The van der Waals surface area contributed by atoms with E-state index in [2.05, 4.69) is 24.5 Å². The van der Waals surface area contributed by atoms with Crippen molar-refractivity contribution in [3.05, 3.63) is 0 Å². The quantitative estimate of drug-likeness (QED) is 0.670. The summed E-state index contributed by atoms with van der Waals surface area (Å²) in [6, 6.07) is 0.435. The minimum absolute atomic E-state index is 0.0509. The van der Waals surface area contributed by atoms with Gasteiger partial charge in [-0.25, -0.2) is 0 Å². The third-order valence-corrected chi connectivity index (χ3v) is 2.52. The smallest absolute Gasteiger partial charge is 0.147 e. The molecule has 0 radical (unpaired) electrons. The summed E-state index contributed by atoms with van der Waals surface area (Å²) in [4.78, 5) is 11.4. The standard InChI is InChI=1S/C10H20N2O/c1-7(2)12-10(8(3)13)9-4-5-11-6-9/h7,9-12H,4-6H2,1-3H3. The highest BCUT2D eigenvalue weighted by molar-refractivity contribution is 5.81. The van der Waals surface area contributed by atoms with Gasteiger partial charge >= 0.3 is 0 Å². The third kappa shape index (κ3) is 3.08. The molecular weight excluding hydrogens is 164 g/mol. The second-order valence-corrected chi connectivity index (χ2v) is 4.16. The fourth-order valence-corrected chi connectivity index (χ4v) is 1.91. The number of Topliss-reactive ketones (excluding diaryl/α,β-unsaturated/α-hetero) is 1. The Morgan fingerprint density at radius 3 is 2.62 bits per heavy atom. The molecule has 2 atom stereocenters. The molecule has 0 aromatic heterocycles. The van der Waals surface area contributed by atoms with Crippen molar-refractivity contribution in [3.63, 3.8) is 0 Å². The van der Waals surface area contributed by atoms with Crippen LogP contribution in [0, 0.1) is 5.92 Å². The number of carbonyl (C=O) groups excluding carboxylic acids is 1. The Balaban J connectivity index is 2.50. The molecule has 1 aliphatic rings. The SMILES string of the molecule is CC(=O)C(NC(C)C)C1CCNC1. The summed E-state index contributed by atoms with van der Waals surface area (Å²) in [6.07, 6.45) is 1.12. The van der Waals surface area contributed by atoms with E-state index in [1.807, 2.05) is 0 Å². The van der Waals surface area contributed by atoms with Crippen LogP contribution in [0.15, 0.2) is 0 Å². The van der Waals surface area contributed by atoms with E-state index in [9.17, 15) is 4.79 Å². The summed E-state index contributed by atoms with van der Waals surface area (Å²) in [7, 11) is 0.